The first-order valence-corrected chi connectivity index (χ1v) is 6.03. The first kappa shape index (κ1) is 17.9. The first-order valence-electron chi connectivity index (χ1n) is 6.03. The SMILES string of the molecule is COC(=O)C1OC(C(=O)OC)C(C(=O)OC)OC1C(=O)OC. The van der Waals surface area contributed by atoms with E-state index in [9.17, 15) is 19.2 Å². The highest BCUT2D eigenvalue weighted by Crippen LogP contribution is 2.24. The lowest BCUT2D eigenvalue weighted by molar-refractivity contribution is -0.240. The van der Waals surface area contributed by atoms with Gasteiger partial charge in [-0.1, -0.05) is 0 Å². The molecule has 1 heterocycles. The molecule has 0 aromatic rings. The van der Waals surface area contributed by atoms with E-state index in [1.807, 2.05) is 0 Å². The average Bonchev–Trinajstić information content (AvgIpc) is 2.57. The molecule has 1 aliphatic heterocycles. The Bertz CT molecular complexity index is 377. The molecule has 4 atom stereocenters. The molecule has 0 aromatic heterocycles. The third kappa shape index (κ3) is 3.52. The number of ether oxygens (including phenoxy) is 6. The van der Waals surface area contributed by atoms with Gasteiger partial charge in [-0.15, -0.1) is 0 Å². The van der Waals surface area contributed by atoms with Gasteiger partial charge < -0.3 is 28.4 Å². The van der Waals surface area contributed by atoms with Crippen molar-refractivity contribution in [3.63, 3.8) is 0 Å². The van der Waals surface area contributed by atoms with Gasteiger partial charge in [-0.05, 0) is 0 Å². The summed E-state index contributed by atoms with van der Waals surface area (Å²) >= 11 is 0. The minimum absolute atomic E-state index is 0.979. The lowest BCUT2D eigenvalue weighted by Crippen LogP contribution is -2.60. The molecule has 1 aliphatic rings. The van der Waals surface area contributed by atoms with Crippen LogP contribution in [0.5, 0.6) is 0 Å². The number of hydrogen-bond acceptors (Lipinski definition) is 10. The van der Waals surface area contributed by atoms with Crippen LogP contribution in [0.4, 0.5) is 0 Å². The van der Waals surface area contributed by atoms with Crippen LogP contribution in [0.3, 0.4) is 0 Å². The maximum Gasteiger partial charge on any atom is 0.338 e. The molecule has 124 valence electrons. The van der Waals surface area contributed by atoms with E-state index in [1.54, 1.807) is 0 Å². The van der Waals surface area contributed by atoms with Crippen LogP contribution in [0, 0.1) is 0 Å². The molecular weight excluding hydrogens is 304 g/mol. The molecule has 1 saturated heterocycles. The zero-order valence-corrected chi connectivity index (χ0v) is 12.4. The van der Waals surface area contributed by atoms with Crippen molar-refractivity contribution in [2.75, 3.05) is 28.4 Å². The fraction of sp³-hybridized carbons (Fsp3) is 0.667. The van der Waals surface area contributed by atoms with Gasteiger partial charge in [-0.3, -0.25) is 0 Å². The fourth-order valence-corrected chi connectivity index (χ4v) is 1.78. The molecule has 0 spiro atoms. The molecule has 10 heteroatoms. The maximum atomic E-state index is 11.7. The zero-order chi connectivity index (χ0) is 16.9. The van der Waals surface area contributed by atoms with E-state index >= 15 is 0 Å². The molecular formula is C12H16O10. The van der Waals surface area contributed by atoms with E-state index in [1.165, 1.54) is 0 Å². The molecule has 10 nitrogen and oxygen atoms in total. The van der Waals surface area contributed by atoms with Crippen LogP contribution in [0.2, 0.25) is 0 Å². The summed E-state index contributed by atoms with van der Waals surface area (Å²) in [6, 6.07) is 0. The van der Waals surface area contributed by atoms with Gasteiger partial charge in [0.25, 0.3) is 0 Å². The van der Waals surface area contributed by atoms with Gasteiger partial charge in [0.15, 0.2) is 24.4 Å². The fourth-order valence-electron chi connectivity index (χ4n) is 1.78. The Morgan fingerprint density at radius 2 is 0.727 bits per heavy atom. The average molecular weight is 320 g/mol. The molecule has 0 amide bonds. The largest absolute Gasteiger partial charge is 0.467 e. The van der Waals surface area contributed by atoms with Gasteiger partial charge in [-0.25, -0.2) is 19.2 Å². The third-order valence-corrected chi connectivity index (χ3v) is 2.87. The Hall–Kier alpha value is -2.20. The minimum atomic E-state index is -1.59. The molecule has 0 bridgehead atoms. The monoisotopic (exact) mass is 320 g/mol. The number of hydrogen-bond donors (Lipinski definition) is 0. The van der Waals surface area contributed by atoms with Crippen LogP contribution in [0.15, 0.2) is 0 Å². The van der Waals surface area contributed by atoms with E-state index < -0.39 is 48.3 Å². The highest BCUT2D eigenvalue weighted by Gasteiger charge is 2.53. The Labute approximate surface area is 125 Å². The molecule has 0 N–H and O–H groups in total. The maximum absolute atomic E-state index is 11.7. The highest BCUT2D eigenvalue weighted by molar-refractivity contribution is 5.90. The molecule has 0 saturated carbocycles. The summed E-state index contributed by atoms with van der Waals surface area (Å²) in [5.74, 6) is -3.92. The topological polar surface area (TPSA) is 124 Å². The third-order valence-electron chi connectivity index (χ3n) is 2.87. The lowest BCUT2D eigenvalue weighted by atomic mass is 10.1. The summed E-state index contributed by atoms with van der Waals surface area (Å²) in [5.41, 5.74) is 0. The first-order chi connectivity index (χ1) is 10.4. The normalized spacial score (nSPS) is 27.5. The summed E-state index contributed by atoms with van der Waals surface area (Å²) in [7, 11) is 4.22. The molecule has 22 heavy (non-hydrogen) atoms. The minimum Gasteiger partial charge on any atom is -0.467 e. The lowest BCUT2D eigenvalue weighted by Gasteiger charge is -2.36. The second-order valence-corrected chi connectivity index (χ2v) is 4.05. The van der Waals surface area contributed by atoms with Crippen LogP contribution in [0.1, 0.15) is 0 Å². The van der Waals surface area contributed by atoms with Crippen LogP contribution < -0.4 is 0 Å². The van der Waals surface area contributed by atoms with Crippen LogP contribution >= 0.6 is 0 Å². The standard InChI is InChI=1S/C12H16O10/c1-17-9(13)5-6(10(14)18-2)22-8(12(16)20-4)7(21-5)11(15)19-3/h5-8H,1-4H3. The van der Waals surface area contributed by atoms with Crippen molar-refractivity contribution >= 4 is 23.9 Å². The van der Waals surface area contributed by atoms with E-state index in [0.717, 1.165) is 28.4 Å². The van der Waals surface area contributed by atoms with Crippen molar-refractivity contribution in [1.29, 1.82) is 0 Å². The molecule has 0 aliphatic carbocycles. The second kappa shape index (κ2) is 7.71. The number of esters is 4. The van der Waals surface area contributed by atoms with E-state index in [4.69, 9.17) is 9.47 Å². The summed E-state index contributed by atoms with van der Waals surface area (Å²) < 4.78 is 28.3. The van der Waals surface area contributed by atoms with Gasteiger partial charge in [0.1, 0.15) is 0 Å². The van der Waals surface area contributed by atoms with Gasteiger partial charge in [-0.2, -0.15) is 0 Å². The Balaban J connectivity index is 3.15. The number of rotatable bonds is 4. The van der Waals surface area contributed by atoms with E-state index in [0.29, 0.717) is 0 Å². The van der Waals surface area contributed by atoms with Crippen molar-refractivity contribution in [2.24, 2.45) is 0 Å². The van der Waals surface area contributed by atoms with Crippen LogP contribution in [-0.2, 0) is 47.6 Å². The Morgan fingerprint density at radius 1 is 0.545 bits per heavy atom. The molecule has 0 radical (unpaired) electrons. The smallest absolute Gasteiger partial charge is 0.338 e. The molecule has 4 unspecified atom stereocenters. The van der Waals surface area contributed by atoms with E-state index in [-0.39, 0.29) is 0 Å². The Morgan fingerprint density at radius 3 is 0.864 bits per heavy atom. The van der Waals surface area contributed by atoms with Gasteiger partial charge in [0.05, 0.1) is 28.4 Å². The van der Waals surface area contributed by atoms with E-state index in [2.05, 4.69) is 18.9 Å². The molecule has 0 aromatic carbocycles. The summed E-state index contributed by atoms with van der Waals surface area (Å²) in [6.45, 7) is 0. The van der Waals surface area contributed by atoms with Gasteiger partial charge >= 0.3 is 23.9 Å². The molecule has 1 fully saturated rings. The predicted molar refractivity (Wildman–Crippen MR) is 65.4 cm³/mol. The number of methoxy groups -OCH3 is 4. The summed E-state index contributed by atoms with van der Waals surface area (Å²) in [6.07, 6.45) is -6.38. The number of carbonyl (C=O) groups is 4. The second-order valence-electron chi connectivity index (χ2n) is 4.05. The van der Waals surface area contributed by atoms with Crippen molar-refractivity contribution < 1.29 is 47.6 Å². The summed E-state index contributed by atoms with van der Waals surface area (Å²) in [4.78, 5) is 46.8. The van der Waals surface area contributed by atoms with Crippen molar-refractivity contribution in [3.8, 4) is 0 Å². The highest BCUT2D eigenvalue weighted by atomic mass is 16.7. The zero-order valence-electron chi connectivity index (χ0n) is 12.4. The van der Waals surface area contributed by atoms with Crippen molar-refractivity contribution in [3.05, 3.63) is 0 Å². The number of carbonyl (C=O) groups excluding carboxylic acids is 4. The molecule has 1 rings (SSSR count). The predicted octanol–water partition coefficient (Wildman–Crippen LogP) is -1.80. The van der Waals surface area contributed by atoms with Crippen LogP contribution in [0.25, 0.3) is 0 Å². The van der Waals surface area contributed by atoms with Crippen LogP contribution in [-0.4, -0.2) is 76.7 Å². The Kier molecular flexibility index (Phi) is 6.25. The van der Waals surface area contributed by atoms with Crippen molar-refractivity contribution in [2.45, 2.75) is 24.4 Å². The van der Waals surface area contributed by atoms with Gasteiger partial charge in [0, 0.05) is 0 Å². The quantitative estimate of drug-likeness (QED) is 0.433. The summed E-state index contributed by atoms with van der Waals surface area (Å²) in [5, 5.41) is 0. The van der Waals surface area contributed by atoms with Crippen molar-refractivity contribution in [1.82, 2.24) is 0 Å². The van der Waals surface area contributed by atoms with Gasteiger partial charge in [0.2, 0.25) is 0 Å².